The van der Waals surface area contributed by atoms with Crippen molar-refractivity contribution in [2.75, 3.05) is 7.11 Å². The van der Waals surface area contributed by atoms with Crippen LogP contribution in [0.25, 0.3) is 10.9 Å². The van der Waals surface area contributed by atoms with Crippen LogP contribution in [0, 0.1) is 18.3 Å². The molecule has 0 aliphatic carbocycles. The molecule has 0 bridgehead atoms. The Kier molecular flexibility index (Phi) is 4.45. The Bertz CT molecular complexity index is 983. The largest absolute Gasteiger partial charge is 0.495 e. The Morgan fingerprint density at radius 2 is 1.96 bits per heavy atom. The summed E-state index contributed by atoms with van der Waals surface area (Å²) in [6.07, 6.45) is 0.585. The van der Waals surface area contributed by atoms with E-state index in [0.29, 0.717) is 27.8 Å². The van der Waals surface area contributed by atoms with Crippen molar-refractivity contribution in [3.63, 3.8) is 0 Å². The normalized spacial score (nSPS) is 10.8. The van der Waals surface area contributed by atoms with E-state index < -0.39 is 0 Å². The van der Waals surface area contributed by atoms with Gasteiger partial charge in [-0.25, -0.2) is 0 Å². The molecule has 5 heteroatoms. The van der Waals surface area contributed by atoms with Crippen LogP contribution in [0.15, 0.2) is 30.3 Å². The number of ether oxygens (including phenoxy) is 1. The molecule has 0 unspecified atom stereocenters. The van der Waals surface area contributed by atoms with Crippen molar-refractivity contribution in [2.45, 2.75) is 13.3 Å². The number of rotatable bonds is 3. The van der Waals surface area contributed by atoms with Gasteiger partial charge in [0.2, 0.25) is 0 Å². The number of benzene rings is 2. The van der Waals surface area contributed by atoms with Crippen molar-refractivity contribution < 1.29 is 4.74 Å². The molecule has 3 nitrogen and oxygen atoms in total. The molecule has 0 amide bonds. The van der Waals surface area contributed by atoms with Crippen molar-refractivity contribution in [1.82, 2.24) is 4.57 Å². The summed E-state index contributed by atoms with van der Waals surface area (Å²) >= 11 is 12.8. The first kappa shape index (κ1) is 16.7. The maximum atomic E-state index is 9.18. The molecule has 0 atom stereocenters. The van der Waals surface area contributed by atoms with Crippen LogP contribution in [-0.4, -0.2) is 11.7 Å². The van der Waals surface area contributed by atoms with E-state index in [2.05, 4.69) is 16.7 Å². The molecule has 0 aliphatic heterocycles. The number of hydrogen-bond donors (Lipinski definition) is 0. The molecule has 0 saturated carbocycles. The Morgan fingerprint density at radius 1 is 1.21 bits per heavy atom. The van der Waals surface area contributed by atoms with Crippen LogP contribution in [-0.2, 0) is 13.5 Å². The smallest absolute Gasteiger partial charge is 0.137 e. The van der Waals surface area contributed by atoms with Gasteiger partial charge in [0.25, 0.3) is 0 Å². The second-order valence-electron chi connectivity index (χ2n) is 5.75. The number of hydrogen-bond acceptors (Lipinski definition) is 2. The summed E-state index contributed by atoms with van der Waals surface area (Å²) < 4.78 is 7.36. The van der Waals surface area contributed by atoms with Gasteiger partial charge in [-0.2, -0.15) is 5.26 Å². The summed E-state index contributed by atoms with van der Waals surface area (Å²) in [4.78, 5) is 0. The van der Waals surface area contributed by atoms with Crippen LogP contribution >= 0.6 is 23.2 Å². The van der Waals surface area contributed by atoms with Gasteiger partial charge in [-0.3, -0.25) is 0 Å². The molecule has 3 rings (SSSR count). The van der Waals surface area contributed by atoms with E-state index in [0.717, 1.165) is 27.7 Å². The van der Waals surface area contributed by atoms with E-state index in [1.165, 1.54) is 0 Å². The van der Waals surface area contributed by atoms with Crippen LogP contribution in [0.4, 0.5) is 0 Å². The minimum absolute atomic E-state index is 0.532. The lowest BCUT2D eigenvalue weighted by Gasteiger charge is -2.11. The molecule has 0 radical (unpaired) electrons. The molecule has 3 aromatic rings. The monoisotopic (exact) mass is 358 g/mol. The van der Waals surface area contributed by atoms with Crippen LogP contribution in [0.2, 0.25) is 10.0 Å². The predicted molar refractivity (Wildman–Crippen MR) is 98.2 cm³/mol. The molecule has 24 heavy (non-hydrogen) atoms. The summed E-state index contributed by atoms with van der Waals surface area (Å²) in [6, 6.07) is 11.7. The van der Waals surface area contributed by atoms with Gasteiger partial charge in [0.1, 0.15) is 5.75 Å². The van der Waals surface area contributed by atoms with Gasteiger partial charge in [0, 0.05) is 35.1 Å². The SMILES string of the molecule is COc1ccc(Cl)c(Cc2cc3c(C)cc(C#N)cc3n2C)c1Cl. The summed E-state index contributed by atoms with van der Waals surface area (Å²) in [5.74, 6) is 0.609. The quantitative estimate of drug-likeness (QED) is 0.639. The number of aromatic nitrogens is 1. The lowest BCUT2D eigenvalue weighted by Crippen LogP contribution is -2.00. The summed E-state index contributed by atoms with van der Waals surface area (Å²) in [5.41, 5.74) is 4.66. The third-order valence-corrected chi connectivity index (χ3v) is 5.09. The van der Waals surface area contributed by atoms with Crippen LogP contribution < -0.4 is 4.74 Å². The second-order valence-corrected chi connectivity index (χ2v) is 6.54. The molecule has 122 valence electrons. The first-order chi connectivity index (χ1) is 11.5. The summed E-state index contributed by atoms with van der Waals surface area (Å²) in [5, 5.41) is 11.4. The fraction of sp³-hybridized carbons (Fsp3) is 0.211. The van der Waals surface area contributed by atoms with E-state index in [1.807, 2.05) is 26.1 Å². The van der Waals surface area contributed by atoms with Crippen LogP contribution in [0.5, 0.6) is 5.75 Å². The van der Waals surface area contributed by atoms with Crippen molar-refractivity contribution in [3.05, 3.63) is 62.8 Å². The van der Waals surface area contributed by atoms with Gasteiger partial charge in [0.15, 0.2) is 0 Å². The van der Waals surface area contributed by atoms with E-state index in [-0.39, 0.29) is 0 Å². The molecule has 1 heterocycles. The predicted octanol–water partition coefficient (Wildman–Crippen LogP) is 5.26. The zero-order chi connectivity index (χ0) is 17.4. The standard InChI is InChI=1S/C19H16Cl2N2O/c1-11-6-12(10-22)7-17-14(11)8-13(23(17)2)9-15-16(20)4-5-18(24-3)19(15)21/h4-8H,9H2,1-3H3. The lowest BCUT2D eigenvalue weighted by atomic mass is 10.1. The van der Waals surface area contributed by atoms with Gasteiger partial charge < -0.3 is 9.30 Å². The maximum Gasteiger partial charge on any atom is 0.137 e. The number of nitriles is 1. The molecular weight excluding hydrogens is 343 g/mol. The van der Waals surface area contributed by atoms with Gasteiger partial charge in [-0.15, -0.1) is 0 Å². The highest BCUT2D eigenvalue weighted by molar-refractivity contribution is 6.37. The Labute approximate surface area is 151 Å². The average Bonchev–Trinajstić information content (AvgIpc) is 2.88. The minimum atomic E-state index is 0.532. The van der Waals surface area contributed by atoms with Crippen LogP contribution in [0.1, 0.15) is 22.4 Å². The van der Waals surface area contributed by atoms with Gasteiger partial charge >= 0.3 is 0 Å². The molecule has 0 saturated heterocycles. The number of aryl methyl sites for hydroxylation is 2. The zero-order valence-corrected chi connectivity index (χ0v) is 15.2. The topological polar surface area (TPSA) is 37.9 Å². The molecular formula is C19H16Cl2N2O. The molecule has 0 aliphatic rings. The zero-order valence-electron chi connectivity index (χ0n) is 13.7. The van der Waals surface area contributed by atoms with Gasteiger partial charge in [-0.1, -0.05) is 23.2 Å². The van der Waals surface area contributed by atoms with E-state index in [1.54, 1.807) is 19.2 Å². The molecule has 0 N–H and O–H groups in total. The molecule has 1 aromatic heterocycles. The van der Waals surface area contributed by atoms with E-state index in [9.17, 15) is 5.26 Å². The van der Waals surface area contributed by atoms with Gasteiger partial charge in [0.05, 0.1) is 23.8 Å². The van der Waals surface area contributed by atoms with Crippen molar-refractivity contribution in [3.8, 4) is 11.8 Å². The first-order valence-electron chi connectivity index (χ1n) is 7.46. The molecule has 2 aromatic carbocycles. The molecule has 0 fully saturated rings. The van der Waals surface area contributed by atoms with Crippen molar-refractivity contribution in [2.24, 2.45) is 7.05 Å². The number of methoxy groups -OCH3 is 1. The average molecular weight is 359 g/mol. The minimum Gasteiger partial charge on any atom is -0.495 e. The first-order valence-corrected chi connectivity index (χ1v) is 8.21. The van der Waals surface area contributed by atoms with Crippen molar-refractivity contribution in [1.29, 1.82) is 5.26 Å². The van der Waals surface area contributed by atoms with E-state index >= 15 is 0 Å². The maximum absolute atomic E-state index is 9.18. The number of fused-ring (bicyclic) bond motifs is 1. The van der Waals surface area contributed by atoms with Gasteiger partial charge in [-0.05, 0) is 48.4 Å². The Hall–Kier alpha value is -2.15. The fourth-order valence-electron chi connectivity index (χ4n) is 2.97. The number of halogens is 2. The highest BCUT2D eigenvalue weighted by Gasteiger charge is 2.15. The van der Waals surface area contributed by atoms with Crippen LogP contribution in [0.3, 0.4) is 0 Å². The Balaban J connectivity index is 2.14. The highest BCUT2D eigenvalue weighted by atomic mass is 35.5. The summed E-state index contributed by atoms with van der Waals surface area (Å²) in [6.45, 7) is 2.01. The highest BCUT2D eigenvalue weighted by Crippen LogP contribution is 2.35. The summed E-state index contributed by atoms with van der Waals surface area (Å²) in [7, 11) is 3.57. The van der Waals surface area contributed by atoms with E-state index in [4.69, 9.17) is 27.9 Å². The molecule has 0 spiro atoms. The second kappa shape index (κ2) is 6.39. The Morgan fingerprint density at radius 3 is 2.62 bits per heavy atom. The fourth-order valence-corrected chi connectivity index (χ4v) is 3.56. The third-order valence-electron chi connectivity index (χ3n) is 4.33. The third kappa shape index (κ3) is 2.73. The lowest BCUT2D eigenvalue weighted by molar-refractivity contribution is 0.414. The van der Waals surface area contributed by atoms with Crippen molar-refractivity contribution >= 4 is 34.1 Å². The number of nitrogens with zero attached hydrogens (tertiary/aromatic N) is 2.